The minimum atomic E-state index is -0.960. The Balaban J connectivity index is 2.30. The maximum absolute atomic E-state index is 13.5. The summed E-state index contributed by atoms with van der Waals surface area (Å²) in [7, 11) is 0. The number of nitrogens with zero attached hydrogens (tertiary/aromatic N) is 2. The summed E-state index contributed by atoms with van der Waals surface area (Å²) in [6, 6.07) is 4.02. The van der Waals surface area contributed by atoms with E-state index in [2.05, 4.69) is 11.8 Å². The van der Waals surface area contributed by atoms with E-state index in [1.807, 2.05) is 42.3 Å². The van der Waals surface area contributed by atoms with Crippen LogP contribution in [0, 0.1) is 31.1 Å². The molecule has 1 N–H and O–H groups in total. The molecule has 0 unspecified atom stereocenters. The number of aromatic nitrogens is 2. The number of hydrogen-bond donors (Lipinski definition) is 1. The number of aryl methyl sites for hydroxylation is 2. The van der Waals surface area contributed by atoms with Gasteiger partial charge in [-0.15, -0.1) is 5.92 Å². The lowest BCUT2D eigenvalue weighted by Crippen LogP contribution is -2.28. The van der Waals surface area contributed by atoms with Crippen molar-refractivity contribution in [2.75, 3.05) is 0 Å². The van der Waals surface area contributed by atoms with Crippen LogP contribution in [-0.2, 0) is 24.3 Å². The number of aliphatic carboxylic acids is 1. The van der Waals surface area contributed by atoms with E-state index in [0.717, 1.165) is 53.8 Å². The summed E-state index contributed by atoms with van der Waals surface area (Å²) in [5.74, 6) is 5.16. The highest BCUT2D eigenvalue weighted by Crippen LogP contribution is 2.34. The molecule has 0 saturated heterocycles. The third kappa shape index (κ3) is 3.89. The lowest BCUT2D eigenvalue weighted by atomic mass is 9.84. The summed E-state index contributed by atoms with van der Waals surface area (Å²) in [6.07, 6.45) is 3.36. The molecule has 1 aliphatic rings. The van der Waals surface area contributed by atoms with Crippen LogP contribution in [0.3, 0.4) is 0 Å². The summed E-state index contributed by atoms with van der Waals surface area (Å²) in [6.45, 7) is 10.7. The van der Waals surface area contributed by atoms with E-state index >= 15 is 0 Å². The van der Waals surface area contributed by atoms with Crippen LogP contribution in [-0.4, -0.2) is 20.4 Å². The Kier molecular flexibility index (Phi) is 5.75. The summed E-state index contributed by atoms with van der Waals surface area (Å²) in [5.41, 5.74) is 4.37. The average Bonchev–Trinajstić information content (AvgIpc) is 2.80. The molecule has 1 aromatic carbocycles. The molecule has 154 valence electrons. The first-order valence-corrected chi connectivity index (χ1v) is 10.3. The van der Waals surface area contributed by atoms with Crippen molar-refractivity contribution < 1.29 is 9.90 Å². The van der Waals surface area contributed by atoms with Gasteiger partial charge in [0.05, 0.1) is 11.0 Å². The number of carboxylic acid groups (broad SMARTS) is 1. The van der Waals surface area contributed by atoms with Gasteiger partial charge in [-0.25, -0.2) is 4.68 Å². The van der Waals surface area contributed by atoms with Gasteiger partial charge in [-0.3, -0.25) is 14.3 Å². The molecule has 3 rings (SSSR count). The zero-order chi connectivity index (χ0) is 21.3. The molecular weight excluding hydrogens is 364 g/mol. The molecule has 2 heterocycles. The van der Waals surface area contributed by atoms with Gasteiger partial charge in [-0.05, 0) is 82.7 Å². The van der Waals surface area contributed by atoms with Crippen LogP contribution in [0.1, 0.15) is 62.4 Å². The SMILES string of the molecule is CC#Cc1cc(C)c(-c2c(CC(C)(C)C(=O)O)n3n(c2=O)CCCCC3)c(C)c1. The molecule has 0 amide bonds. The molecule has 0 aliphatic carbocycles. The van der Waals surface area contributed by atoms with Gasteiger partial charge in [0.1, 0.15) is 0 Å². The van der Waals surface area contributed by atoms with Crippen LogP contribution in [0.15, 0.2) is 16.9 Å². The van der Waals surface area contributed by atoms with Crippen molar-refractivity contribution in [3.05, 3.63) is 44.9 Å². The van der Waals surface area contributed by atoms with Crippen molar-refractivity contribution in [3.8, 4) is 23.0 Å². The van der Waals surface area contributed by atoms with Crippen LogP contribution >= 0.6 is 0 Å². The van der Waals surface area contributed by atoms with Crippen molar-refractivity contribution in [2.45, 2.75) is 73.4 Å². The minimum Gasteiger partial charge on any atom is -0.481 e. The van der Waals surface area contributed by atoms with Crippen LogP contribution in [0.5, 0.6) is 0 Å². The molecule has 0 atom stereocenters. The second-order valence-corrected chi connectivity index (χ2v) is 8.66. The van der Waals surface area contributed by atoms with Crippen LogP contribution < -0.4 is 5.56 Å². The lowest BCUT2D eigenvalue weighted by Gasteiger charge is -2.22. The average molecular weight is 395 g/mol. The largest absolute Gasteiger partial charge is 0.481 e. The molecule has 0 saturated carbocycles. The smallest absolute Gasteiger partial charge is 0.309 e. The van der Waals surface area contributed by atoms with Gasteiger partial charge >= 0.3 is 5.97 Å². The highest BCUT2D eigenvalue weighted by molar-refractivity contribution is 5.77. The van der Waals surface area contributed by atoms with Gasteiger partial charge in [0.2, 0.25) is 0 Å². The lowest BCUT2D eigenvalue weighted by molar-refractivity contribution is -0.146. The monoisotopic (exact) mass is 394 g/mol. The normalized spacial score (nSPS) is 14.0. The molecular formula is C24H30N2O3. The molecule has 2 aromatic rings. The van der Waals surface area contributed by atoms with E-state index in [4.69, 9.17) is 0 Å². The van der Waals surface area contributed by atoms with Crippen LogP contribution in [0.4, 0.5) is 0 Å². The van der Waals surface area contributed by atoms with E-state index in [-0.39, 0.29) is 5.56 Å². The number of carboxylic acids is 1. The van der Waals surface area contributed by atoms with Gasteiger partial charge < -0.3 is 5.11 Å². The molecule has 5 heteroatoms. The molecule has 1 aromatic heterocycles. The van der Waals surface area contributed by atoms with Gasteiger partial charge in [0.15, 0.2) is 0 Å². The number of carbonyl (C=O) groups is 1. The van der Waals surface area contributed by atoms with E-state index < -0.39 is 11.4 Å². The zero-order valence-electron chi connectivity index (χ0n) is 18.1. The topological polar surface area (TPSA) is 64.2 Å². The standard InChI is InChI=1S/C24H30N2O3/c1-6-10-18-13-16(2)20(17(3)14-18)21-19(15-24(4,5)23(28)29)25-11-8-7-9-12-26(25)22(21)27/h13-14H,7-9,11-12,15H2,1-5H3,(H,28,29). The first-order valence-electron chi connectivity index (χ1n) is 10.3. The number of fused-ring (bicyclic) bond motifs is 1. The number of hydrogen-bond acceptors (Lipinski definition) is 2. The highest BCUT2D eigenvalue weighted by atomic mass is 16.4. The molecule has 1 aliphatic heterocycles. The van der Waals surface area contributed by atoms with Crippen molar-refractivity contribution in [1.82, 2.24) is 9.36 Å². The fourth-order valence-electron chi connectivity index (χ4n) is 4.31. The first-order chi connectivity index (χ1) is 13.7. The fourth-order valence-corrected chi connectivity index (χ4v) is 4.31. The molecule has 0 bridgehead atoms. The van der Waals surface area contributed by atoms with E-state index in [1.165, 1.54) is 0 Å². The number of rotatable bonds is 4. The molecule has 0 spiro atoms. The predicted octanol–water partition coefficient (Wildman–Crippen LogP) is 4.14. The predicted molar refractivity (Wildman–Crippen MR) is 115 cm³/mol. The molecule has 0 fully saturated rings. The summed E-state index contributed by atoms with van der Waals surface area (Å²) >= 11 is 0. The first kappa shape index (κ1) is 21.0. The second-order valence-electron chi connectivity index (χ2n) is 8.66. The van der Waals surface area contributed by atoms with Gasteiger partial charge in [0, 0.05) is 30.8 Å². The van der Waals surface area contributed by atoms with Crippen molar-refractivity contribution in [1.29, 1.82) is 0 Å². The summed E-state index contributed by atoms with van der Waals surface area (Å²) < 4.78 is 3.88. The second kappa shape index (κ2) is 7.94. The van der Waals surface area contributed by atoms with Crippen molar-refractivity contribution in [2.24, 2.45) is 5.41 Å². The summed E-state index contributed by atoms with van der Waals surface area (Å²) in [5, 5.41) is 9.73. The van der Waals surface area contributed by atoms with Gasteiger partial charge in [0.25, 0.3) is 5.56 Å². The molecule has 0 radical (unpaired) electrons. The third-order valence-electron chi connectivity index (χ3n) is 5.82. The Morgan fingerprint density at radius 1 is 1.07 bits per heavy atom. The molecule has 5 nitrogen and oxygen atoms in total. The maximum Gasteiger partial charge on any atom is 0.309 e. The van der Waals surface area contributed by atoms with Gasteiger partial charge in [-0.1, -0.05) is 5.92 Å². The Morgan fingerprint density at radius 2 is 1.66 bits per heavy atom. The van der Waals surface area contributed by atoms with E-state index in [1.54, 1.807) is 13.8 Å². The highest BCUT2D eigenvalue weighted by Gasteiger charge is 2.33. The minimum absolute atomic E-state index is 0.0105. The van der Waals surface area contributed by atoms with Crippen molar-refractivity contribution in [3.63, 3.8) is 0 Å². The molecule has 29 heavy (non-hydrogen) atoms. The Labute approximate surface area is 172 Å². The fraction of sp³-hybridized carbons (Fsp3) is 0.500. The van der Waals surface area contributed by atoms with E-state index in [9.17, 15) is 14.7 Å². The Hall–Kier alpha value is -2.74. The van der Waals surface area contributed by atoms with Crippen molar-refractivity contribution >= 4 is 5.97 Å². The maximum atomic E-state index is 13.5. The van der Waals surface area contributed by atoms with Gasteiger partial charge in [-0.2, -0.15) is 0 Å². The zero-order valence-corrected chi connectivity index (χ0v) is 18.1. The quantitative estimate of drug-likeness (QED) is 0.793. The number of benzene rings is 1. The Bertz CT molecular complexity index is 1050. The summed E-state index contributed by atoms with van der Waals surface area (Å²) in [4.78, 5) is 25.4. The van der Waals surface area contributed by atoms with E-state index in [0.29, 0.717) is 18.5 Å². The Morgan fingerprint density at radius 3 is 2.21 bits per heavy atom. The van der Waals surface area contributed by atoms with Crippen LogP contribution in [0.25, 0.3) is 11.1 Å². The third-order valence-corrected chi connectivity index (χ3v) is 5.82. The van der Waals surface area contributed by atoms with Crippen LogP contribution in [0.2, 0.25) is 0 Å².